The number of ether oxygens (including phenoxy) is 1. The molecule has 0 saturated carbocycles. The fourth-order valence-corrected chi connectivity index (χ4v) is 4.41. The lowest BCUT2D eigenvalue weighted by atomic mass is 10.2. The largest absolute Gasteiger partial charge is 0.448 e. The summed E-state index contributed by atoms with van der Waals surface area (Å²) in [4.78, 5) is 25.8. The van der Waals surface area contributed by atoms with Crippen molar-refractivity contribution >= 4 is 21.7 Å². The van der Waals surface area contributed by atoms with Crippen molar-refractivity contribution in [1.82, 2.24) is 20.3 Å². The summed E-state index contributed by atoms with van der Waals surface area (Å²) in [5, 5.41) is 10.9. The molecule has 9 nitrogen and oxygen atoms in total. The predicted octanol–water partition coefficient (Wildman–Crippen LogP) is 0.424. The molecular formula is C17H20N4O5S. The van der Waals surface area contributed by atoms with E-state index < -0.39 is 33.9 Å². The van der Waals surface area contributed by atoms with Gasteiger partial charge in [-0.2, -0.15) is 9.90 Å². The number of para-hydroxylation sites is 1. The molecule has 10 heteroatoms. The number of aryl methyl sites for hydroxylation is 1. The highest BCUT2D eigenvalue weighted by molar-refractivity contribution is 7.91. The number of nitrogens with zero attached hydrogens (tertiary/aromatic N) is 3. The molecule has 0 radical (unpaired) electrons. The Labute approximate surface area is 156 Å². The van der Waals surface area contributed by atoms with Crippen LogP contribution < -0.4 is 5.32 Å². The Kier molecular flexibility index (Phi) is 5.26. The van der Waals surface area contributed by atoms with Crippen LogP contribution in [-0.2, 0) is 19.4 Å². The van der Waals surface area contributed by atoms with Crippen molar-refractivity contribution in [3.8, 4) is 5.69 Å². The van der Waals surface area contributed by atoms with Crippen molar-refractivity contribution in [2.75, 3.05) is 11.5 Å². The summed E-state index contributed by atoms with van der Waals surface area (Å²) >= 11 is 0. The molecule has 2 heterocycles. The first-order valence-electron chi connectivity index (χ1n) is 8.46. The van der Waals surface area contributed by atoms with Crippen LogP contribution in [0.25, 0.3) is 5.69 Å². The number of sulfone groups is 1. The summed E-state index contributed by atoms with van der Waals surface area (Å²) in [5.41, 5.74) is 1.08. The van der Waals surface area contributed by atoms with Crippen LogP contribution in [0.15, 0.2) is 30.3 Å². The molecule has 0 aliphatic carbocycles. The lowest BCUT2D eigenvalue weighted by Crippen LogP contribution is -2.42. The molecule has 0 bridgehead atoms. The highest BCUT2D eigenvalue weighted by Crippen LogP contribution is 2.13. The van der Waals surface area contributed by atoms with Gasteiger partial charge in [0, 0.05) is 6.04 Å². The number of rotatable bonds is 5. The Balaban J connectivity index is 1.63. The summed E-state index contributed by atoms with van der Waals surface area (Å²) in [7, 11) is -3.11. The van der Waals surface area contributed by atoms with E-state index >= 15 is 0 Å². The fraction of sp³-hybridized carbons (Fsp3) is 0.412. The van der Waals surface area contributed by atoms with E-state index in [1.165, 1.54) is 11.7 Å². The Morgan fingerprint density at radius 1 is 1.26 bits per heavy atom. The first-order valence-corrected chi connectivity index (χ1v) is 10.3. The summed E-state index contributed by atoms with van der Waals surface area (Å²) in [6.45, 7) is 3.05. The molecule has 27 heavy (non-hydrogen) atoms. The van der Waals surface area contributed by atoms with E-state index in [1.54, 1.807) is 19.1 Å². The van der Waals surface area contributed by atoms with Gasteiger partial charge in [0.05, 0.1) is 22.9 Å². The maximum Gasteiger partial charge on any atom is 0.361 e. The molecule has 1 N–H and O–H groups in total. The zero-order chi connectivity index (χ0) is 19.6. The minimum Gasteiger partial charge on any atom is -0.448 e. The third-order valence-corrected chi connectivity index (χ3v) is 5.96. The maximum absolute atomic E-state index is 12.4. The van der Waals surface area contributed by atoms with Crippen LogP contribution in [0.3, 0.4) is 0 Å². The number of aromatic nitrogens is 3. The molecule has 1 fully saturated rings. The van der Waals surface area contributed by atoms with Gasteiger partial charge in [-0.3, -0.25) is 4.79 Å². The van der Waals surface area contributed by atoms with Gasteiger partial charge >= 0.3 is 5.97 Å². The molecule has 144 valence electrons. The lowest BCUT2D eigenvalue weighted by Gasteiger charge is -2.16. The van der Waals surface area contributed by atoms with Crippen molar-refractivity contribution in [1.29, 1.82) is 0 Å². The van der Waals surface area contributed by atoms with E-state index in [9.17, 15) is 18.0 Å². The van der Waals surface area contributed by atoms with Crippen LogP contribution in [0, 0.1) is 6.92 Å². The van der Waals surface area contributed by atoms with E-state index in [1.807, 2.05) is 18.2 Å². The molecule has 1 aromatic heterocycles. The molecule has 2 atom stereocenters. The SMILES string of the molecule is Cc1nn(-c2ccccc2)nc1C(=O)O[C@H](C)C(=O)N[C@H]1CCS(=O)(=O)C1. The zero-order valence-electron chi connectivity index (χ0n) is 15.0. The summed E-state index contributed by atoms with van der Waals surface area (Å²) in [6.07, 6.45) is -0.721. The van der Waals surface area contributed by atoms with Gasteiger partial charge in [-0.1, -0.05) is 18.2 Å². The standard InChI is InChI=1S/C17H20N4O5S/c1-11-15(20-21(19-11)14-6-4-3-5-7-14)17(23)26-12(2)16(22)18-13-8-9-27(24,25)10-13/h3-7,12-13H,8-10H2,1-2H3,(H,18,22)/t12-,13+/m1/s1. The van der Waals surface area contributed by atoms with Gasteiger partial charge in [0.2, 0.25) is 0 Å². The average molecular weight is 392 g/mol. The number of carbonyl (C=O) groups excluding carboxylic acids is 2. The number of hydrogen-bond acceptors (Lipinski definition) is 7. The van der Waals surface area contributed by atoms with Gasteiger partial charge in [-0.05, 0) is 32.4 Å². The van der Waals surface area contributed by atoms with Gasteiger partial charge in [0.1, 0.15) is 0 Å². The quantitative estimate of drug-likeness (QED) is 0.732. The second-order valence-corrected chi connectivity index (χ2v) is 8.64. The smallest absolute Gasteiger partial charge is 0.361 e. The number of hydrogen-bond donors (Lipinski definition) is 1. The second-order valence-electron chi connectivity index (χ2n) is 6.42. The molecule has 0 spiro atoms. The number of nitrogens with one attached hydrogen (secondary N) is 1. The minimum atomic E-state index is -3.11. The Morgan fingerprint density at radius 3 is 2.59 bits per heavy atom. The molecule has 1 saturated heterocycles. The van der Waals surface area contributed by atoms with Crippen molar-refractivity contribution in [3.63, 3.8) is 0 Å². The Morgan fingerprint density at radius 2 is 1.96 bits per heavy atom. The monoisotopic (exact) mass is 392 g/mol. The Hall–Kier alpha value is -2.75. The van der Waals surface area contributed by atoms with E-state index in [-0.39, 0.29) is 17.2 Å². The van der Waals surface area contributed by atoms with Gasteiger partial charge in [-0.15, -0.1) is 5.10 Å². The van der Waals surface area contributed by atoms with Gasteiger partial charge in [-0.25, -0.2) is 13.2 Å². The van der Waals surface area contributed by atoms with Crippen molar-refractivity contribution in [2.24, 2.45) is 0 Å². The molecule has 1 aliphatic rings. The first-order chi connectivity index (χ1) is 12.7. The van der Waals surface area contributed by atoms with Crippen LogP contribution in [0.4, 0.5) is 0 Å². The maximum atomic E-state index is 12.4. The Bertz CT molecular complexity index is 955. The first kappa shape index (κ1) is 19.0. The molecule has 1 amide bonds. The normalized spacial score (nSPS) is 19.4. The van der Waals surface area contributed by atoms with E-state index in [4.69, 9.17) is 4.74 Å². The van der Waals surface area contributed by atoms with Crippen molar-refractivity contribution in [3.05, 3.63) is 41.7 Å². The van der Waals surface area contributed by atoms with E-state index in [0.717, 1.165) is 0 Å². The van der Waals surface area contributed by atoms with E-state index in [2.05, 4.69) is 15.5 Å². The van der Waals surface area contributed by atoms with Crippen LogP contribution in [-0.4, -0.2) is 58.9 Å². The number of amides is 1. The second kappa shape index (κ2) is 7.47. The predicted molar refractivity (Wildman–Crippen MR) is 96.2 cm³/mol. The third kappa shape index (κ3) is 4.51. The van der Waals surface area contributed by atoms with Crippen LogP contribution in [0.5, 0.6) is 0 Å². The molecule has 3 rings (SSSR count). The number of esters is 1. The molecule has 1 aromatic carbocycles. The van der Waals surface area contributed by atoms with Gasteiger partial charge < -0.3 is 10.1 Å². The summed E-state index contributed by atoms with van der Waals surface area (Å²) in [5.74, 6) is -1.35. The minimum absolute atomic E-state index is 0.0157. The molecule has 2 aromatic rings. The van der Waals surface area contributed by atoms with Crippen molar-refractivity contribution < 1.29 is 22.7 Å². The number of benzene rings is 1. The molecule has 1 aliphatic heterocycles. The van der Waals surface area contributed by atoms with Crippen LogP contribution in [0.2, 0.25) is 0 Å². The summed E-state index contributed by atoms with van der Waals surface area (Å²) < 4.78 is 28.1. The third-order valence-electron chi connectivity index (χ3n) is 4.19. The summed E-state index contributed by atoms with van der Waals surface area (Å²) in [6, 6.07) is 8.62. The number of carbonyl (C=O) groups is 2. The highest BCUT2D eigenvalue weighted by atomic mass is 32.2. The van der Waals surface area contributed by atoms with Crippen LogP contribution in [0.1, 0.15) is 29.5 Å². The van der Waals surface area contributed by atoms with Gasteiger partial charge in [0.25, 0.3) is 5.91 Å². The highest BCUT2D eigenvalue weighted by Gasteiger charge is 2.31. The van der Waals surface area contributed by atoms with Crippen molar-refractivity contribution in [2.45, 2.75) is 32.4 Å². The fourth-order valence-electron chi connectivity index (χ4n) is 2.74. The van der Waals surface area contributed by atoms with E-state index in [0.29, 0.717) is 17.8 Å². The molecule has 0 unspecified atom stereocenters. The molecular weight excluding hydrogens is 372 g/mol. The zero-order valence-corrected chi connectivity index (χ0v) is 15.8. The van der Waals surface area contributed by atoms with Crippen LogP contribution >= 0.6 is 0 Å². The topological polar surface area (TPSA) is 120 Å². The average Bonchev–Trinajstić information content (AvgIpc) is 3.17. The van der Waals surface area contributed by atoms with Gasteiger partial charge in [0.15, 0.2) is 21.6 Å². The lowest BCUT2D eigenvalue weighted by molar-refractivity contribution is -0.129.